The molecule has 4 aliphatic rings. The highest BCUT2D eigenvalue weighted by Gasteiger charge is 2.52. The van der Waals surface area contributed by atoms with Crippen molar-refractivity contribution in [1.82, 2.24) is 20.4 Å². The molecule has 1 aliphatic carbocycles. The molecule has 25 heavy (non-hydrogen) atoms. The van der Waals surface area contributed by atoms with Crippen molar-refractivity contribution in [3.63, 3.8) is 0 Å². The van der Waals surface area contributed by atoms with E-state index in [1.807, 2.05) is 4.90 Å². The number of piperidine rings is 1. The number of rotatable bonds is 2. The summed E-state index contributed by atoms with van der Waals surface area (Å²) < 4.78 is 0. The number of urea groups is 1. The minimum absolute atomic E-state index is 0.0998. The van der Waals surface area contributed by atoms with Gasteiger partial charge in [-0.05, 0) is 44.1 Å². The summed E-state index contributed by atoms with van der Waals surface area (Å²) in [5.41, 5.74) is -0.388. The highest BCUT2D eigenvalue weighted by molar-refractivity contribution is 6.09. The summed E-state index contributed by atoms with van der Waals surface area (Å²) in [5, 5.41) is 6.30. The van der Waals surface area contributed by atoms with E-state index in [2.05, 4.69) is 10.6 Å². The van der Waals surface area contributed by atoms with E-state index < -0.39 is 11.6 Å². The summed E-state index contributed by atoms with van der Waals surface area (Å²) in [6.07, 6.45) is 7.61. The molecule has 2 N–H and O–H groups in total. The number of imide groups is 1. The first-order chi connectivity index (χ1) is 12.0. The maximum Gasteiger partial charge on any atom is 0.325 e. The molecule has 2 spiro atoms. The van der Waals surface area contributed by atoms with Crippen LogP contribution in [0.2, 0.25) is 0 Å². The number of carbonyl (C=O) groups excluding carboxylic acids is 3. The van der Waals surface area contributed by atoms with Crippen molar-refractivity contribution in [2.24, 2.45) is 5.41 Å². The Hall–Kier alpha value is -1.63. The van der Waals surface area contributed by atoms with E-state index in [4.69, 9.17) is 0 Å². The van der Waals surface area contributed by atoms with E-state index >= 15 is 0 Å². The second-order valence-corrected chi connectivity index (χ2v) is 8.27. The van der Waals surface area contributed by atoms with Crippen molar-refractivity contribution in [1.29, 1.82) is 0 Å². The molecular formula is C18H28N4O3. The average Bonchev–Trinajstić information content (AvgIpc) is 3.15. The van der Waals surface area contributed by atoms with Crippen molar-refractivity contribution < 1.29 is 14.4 Å². The second-order valence-electron chi connectivity index (χ2n) is 8.27. The fourth-order valence-electron chi connectivity index (χ4n) is 5.00. The van der Waals surface area contributed by atoms with Gasteiger partial charge in [0.15, 0.2) is 0 Å². The number of nitrogens with one attached hydrogen (secondary N) is 2. The Morgan fingerprint density at radius 2 is 1.72 bits per heavy atom. The number of carbonyl (C=O) groups is 3. The van der Waals surface area contributed by atoms with E-state index in [1.165, 1.54) is 6.42 Å². The van der Waals surface area contributed by atoms with Crippen LogP contribution in [0.5, 0.6) is 0 Å². The van der Waals surface area contributed by atoms with Crippen LogP contribution in [0.1, 0.15) is 51.4 Å². The molecular weight excluding hydrogens is 320 g/mol. The predicted octanol–water partition coefficient (Wildman–Crippen LogP) is 0.843. The van der Waals surface area contributed by atoms with E-state index in [9.17, 15) is 14.4 Å². The van der Waals surface area contributed by atoms with Gasteiger partial charge >= 0.3 is 6.03 Å². The highest BCUT2D eigenvalue weighted by Crippen LogP contribution is 2.37. The summed E-state index contributed by atoms with van der Waals surface area (Å²) in [4.78, 5) is 40.7. The highest BCUT2D eigenvalue weighted by atomic mass is 16.2. The summed E-state index contributed by atoms with van der Waals surface area (Å²) in [6, 6.07) is -0.395. The molecule has 0 radical (unpaired) electrons. The number of likely N-dealkylation sites (tertiary alicyclic amines) is 1. The fourth-order valence-corrected chi connectivity index (χ4v) is 5.00. The fraction of sp³-hybridized carbons (Fsp3) is 0.833. The van der Waals surface area contributed by atoms with Crippen molar-refractivity contribution in [2.45, 2.75) is 56.9 Å². The zero-order chi connectivity index (χ0) is 17.5. The van der Waals surface area contributed by atoms with Crippen molar-refractivity contribution in [3.8, 4) is 0 Å². The molecule has 0 unspecified atom stereocenters. The number of hydrogen-bond acceptors (Lipinski definition) is 4. The standard InChI is InChI=1S/C18H28N4O3/c23-14(21-10-7-17(8-11-21)6-9-19-13-17)12-22-15(24)18(20-16(22)25)4-2-1-3-5-18/h19H,1-13H2,(H,20,25). The van der Waals surface area contributed by atoms with Gasteiger partial charge in [0.1, 0.15) is 12.1 Å². The summed E-state index contributed by atoms with van der Waals surface area (Å²) in [7, 11) is 0. The van der Waals surface area contributed by atoms with Gasteiger partial charge in [0.05, 0.1) is 0 Å². The third kappa shape index (κ3) is 2.92. The molecule has 4 rings (SSSR count). The Kier molecular flexibility index (Phi) is 4.22. The Bertz CT molecular complexity index is 569. The Morgan fingerprint density at radius 3 is 2.36 bits per heavy atom. The van der Waals surface area contributed by atoms with Gasteiger partial charge in [-0.2, -0.15) is 0 Å². The first-order valence-electron chi connectivity index (χ1n) is 9.66. The number of hydrogen-bond donors (Lipinski definition) is 2. The van der Waals surface area contributed by atoms with E-state index in [0.717, 1.165) is 63.2 Å². The second kappa shape index (κ2) is 6.27. The molecule has 138 valence electrons. The molecule has 0 aromatic rings. The Morgan fingerprint density at radius 1 is 1.00 bits per heavy atom. The molecule has 3 aliphatic heterocycles. The van der Waals surface area contributed by atoms with Gasteiger partial charge in [-0.15, -0.1) is 0 Å². The molecule has 0 atom stereocenters. The molecule has 0 aromatic carbocycles. The van der Waals surface area contributed by atoms with Gasteiger partial charge < -0.3 is 15.5 Å². The SMILES string of the molecule is O=C(CN1C(=O)NC2(CCCCC2)C1=O)N1CCC2(CCNC2)CC1. The lowest BCUT2D eigenvalue weighted by Gasteiger charge is -2.39. The zero-order valence-corrected chi connectivity index (χ0v) is 14.8. The van der Waals surface area contributed by atoms with Crippen LogP contribution in [0.15, 0.2) is 0 Å². The minimum atomic E-state index is -0.739. The lowest BCUT2D eigenvalue weighted by molar-refractivity contribution is -0.140. The van der Waals surface area contributed by atoms with E-state index in [0.29, 0.717) is 18.3 Å². The van der Waals surface area contributed by atoms with Crippen molar-refractivity contribution in [2.75, 3.05) is 32.7 Å². The topological polar surface area (TPSA) is 81.8 Å². The van der Waals surface area contributed by atoms with Crippen LogP contribution in [0.25, 0.3) is 0 Å². The molecule has 1 saturated carbocycles. The summed E-state index contributed by atoms with van der Waals surface area (Å²) in [6.45, 7) is 3.46. The largest absolute Gasteiger partial charge is 0.341 e. The van der Waals surface area contributed by atoms with Crippen LogP contribution in [-0.4, -0.2) is 65.9 Å². The van der Waals surface area contributed by atoms with Crippen LogP contribution in [0.4, 0.5) is 4.79 Å². The van der Waals surface area contributed by atoms with Gasteiger partial charge in [-0.25, -0.2) is 4.79 Å². The van der Waals surface area contributed by atoms with Crippen LogP contribution < -0.4 is 10.6 Å². The first-order valence-corrected chi connectivity index (χ1v) is 9.66. The van der Waals surface area contributed by atoms with Crippen LogP contribution in [0, 0.1) is 5.41 Å². The minimum Gasteiger partial charge on any atom is -0.341 e. The lowest BCUT2D eigenvalue weighted by Crippen LogP contribution is -2.50. The van der Waals surface area contributed by atoms with Gasteiger partial charge in [0, 0.05) is 19.6 Å². The quantitative estimate of drug-likeness (QED) is 0.725. The van der Waals surface area contributed by atoms with Crippen molar-refractivity contribution in [3.05, 3.63) is 0 Å². The molecule has 4 amide bonds. The maximum atomic E-state index is 12.8. The van der Waals surface area contributed by atoms with Gasteiger partial charge in [-0.3, -0.25) is 14.5 Å². The summed E-state index contributed by atoms with van der Waals surface area (Å²) >= 11 is 0. The molecule has 7 nitrogen and oxygen atoms in total. The van der Waals surface area contributed by atoms with Crippen LogP contribution in [-0.2, 0) is 9.59 Å². The lowest BCUT2D eigenvalue weighted by atomic mass is 9.78. The smallest absolute Gasteiger partial charge is 0.325 e. The average molecular weight is 348 g/mol. The molecule has 4 fully saturated rings. The molecule has 3 saturated heterocycles. The van der Waals surface area contributed by atoms with Crippen LogP contribution in [0.3, 0.4) is 0 Å². The normalized spacial score (nSPS) is 28.0. The Labute approximate surface area is 148 Å². The zero-order valence-electron chi connectivity index (χ0n) is 14.8. The molecule has 0 aromatic heterocycles. The molecule has 3 heterocycles. The number of amides is 4. The third-order valence-corrected chi connectivity index (χ3v) is 6.76. The van der Waals surface area contributed by atoms with E-state index in [-0.39, 0.29) is 18.4 Å². The monoisotopic (exact) mass is 348 g/mol. The summed E-state index contributed by atoms with van der Waals surface area (Å²) in [5.74, 6) is -0.295. The maximum absolute atomic E-state index is 12.8. The third-order valence-electron chi connectivity index (χ3n) is 6.76. The number of nitrogens with zero attached hydrogens (tertiary/aromatic N) is 2. The van der Waals surface area contributed by atoms with Gasteiger partial charge in [0.25, 0.3) is 5.91 Å². The molecule has 7 heteroatoms. The van der Waals surface area contributed by atoms with Gasteiger partial charge in [0.2, 0.25) is 5.91 Å². The Balaban J connectivity index is 1.36. The van der Waals surface area contributed by atoms with Crippen molar-refractivity contribution >= 4 is 17.8 Å². The first kappa shape index (κ1) is 16.8. The predicted molar refractivity (Wildman–Crippen MR) is 91.8 cm³/mol. The molecule has 0 bridgehead atoms. The van der Waals surface area contributed by atoms with Crippen LogP contribution >= 0.6 is 0 Å². The van der Waals surface area contributed by atoms with Gasteiger partial charge in [-0.1, -0.05) is 19.3 Å². The van der Waals surface area contributed by atoms with E-state index in [1.54, 1.807) is 0 Å².